The maximum absolute atomic E-state index is 12.4. The minimum atomic E-state index is -2.84. The maximum atomic E-state index is 12.4. The van der Waals surface area contributed by atoms with E-state index in [0.29, 0.717) is 5.56 Å². The van der Waals surface area contributed by atoms with Gasteiger partial charge in [0.1, 0.15) is 5.75 Å². The highest BCUT2D eigenvalue weighted by Crippen LogP contribution is 2.23. The SMILES string of the molecule is CCC1CCCCN1C(=O)c1ccc(OC(F)F)cc1. The van der Waals surface area contributed by atoms with Crippen molar-refractivity contribution in [2.45, 2.75) is 45.3 Å². The molecule has 20 heavy (non-hydrogen) atoms. The van der Waals surface area contributed by atoms with Crippen LogP contribution in [-0.4, -0.2) is 30.0 Å². The molecular formula is C15H19F2NO2. The molecule has 1 aliphatic rings. The van der Waals surface area contributed by atoms with E-state index in [0.717, 1.165) is 32.2 Å². The average molecular weight is 283 g/mol. The Labute approximate surface area is 117 Å². The quantitative estimate of drug-likeness (QED) is 0.843. The number of likely N-dealkylation sites (tertiary alicyclic amines) is 1. The summed E-state index contributed by atoms with van der Waals surface area (Å²) in [6, 6.07) is 6.19. The predicted molar refractivity (Wildman–Crippen MR) is 72.0 cm³/mol. The zero-order valence-electron chi connectivity index (χ0n) is 11.5. The van der Waals surface area contributed by atoms with Gasteiger partial charge >= 0.3 is 6.61 Å². The van der Waals surface area contributed by atoms with Gasteiger partial charge in [0.2, 0.25) is 0 Å². The highest BCUT2D eigenvalue weighted by molar-refractivity contribution is 5.94. The molecule has 1 aromatic carbocycles. The molecule has 0 aromatic heterocycles. The second-order valence-electron chi connectivity index (χ2n) is 4.96. The van der Waals surface area contributed by atoms with Gasteiger partial charge in [-0.1, -0.05) is 6.92 Å². The minimum absolute atomic E-state index is 0.0276. The Morgan fingerprint density at radius 3 is 2.65 bits per heavy atom. The van der Waals surface area contributed by atoms with Gasteiger partial charge in [-0.25, -0.2) is 0 Å². The van der Waals surface area contributed by atoms with Crippen molar-refractivity contribution in [3.8, 4) is 5.75 Å². The molecule has 1 amide bonds. The summed E-state index contributed by atoms with van der Waals surface area (Å²) < 4.78 is 28.4. The van der Waals surface area contributed by atoms with Gasteiger partial charge in [-0.05, 0) is 49.9 Å². The summed E-state index contributed by atoms with van der Waals surface area (Å²) in [4.78, 5) is 14.3. The van der Waals surface area contributed by atoms with Crippen molar-refractivity contribution in [2.75, 3.05) is 6.54 Å². The summed E-state index contributed by atoms with van der Waals surface area (Å²) in [5.41, 5.74) is 0.520. The van der Waals surface area contributed by atoms with Crippen molar-refractivity contribution in [3.05, 3.63) is 29.8 Å². The number of amides is 1. The van der Waals surface area contributed by atoms with Crippen molar-refractivity contribution in [2.24, 2.45) is 0 Å². The molecule has 1 heterocycles. The highest BCUT2D eigenvalue weighted by Gasteiger charge is 2.26. The van der Waals surface area contributed by atoms with Crippen LogP contribution in [0.1, 0.15) is 43.0 Å². The molecule has 1 aromatic rings. The molecule has 1 atom stereocenters. The van der Waals surface area contributed by atoms with E-state index in [9.17, 15) is 13.6 Å². The fraction of sp³-hybridized carbons (Fsp3) is 0.533. The highest BCUT2D eigenvalue weighted by atomic mass is 19.3. The number of benzene rings is 1. The zero-order valence-corrected chi connectivity index (χ0v) is 11.5. The number of halogens is 2. The largest absolute Gasteiger partial charge is 0.435 e. The third kappa shape index (κ3) is 3.46. The van der Waals surface area contributed by atoms with Crippen LogP contribution in [0.5, 0.6) is 5.75 Å². The molecule has 0 N–H and O–H groups in total. The first-order valence-corrected chi connectivity index (χ1v) is 6.97. The van der Waals surface area contributed by atoms with Gasteiger partial charge in [0.25, 0.3) is 5.91 Å². The van der Waals surface area contributed by atoms with E-state index in [1.54, 1.807) is 12.1 Å². The van der Waals surface area contributed by atoms with Gasteiger partial charge in [-0.2, -0.15) is 8.78 Å². The predicted octanol–water partition coefficient (Wildman–Crippen LogP) is 3.69. The van der Waals surface area contributed by atoms with Gasteiger partial charge in [-0.3, -0.25) is 4.79 Å². The summed E-state index contributed by atoms with van der Waals surface area (Å²) in [5.74, 6) is 0.0439. The van der Waals surface area contributed by atoms with Crippen LogP contribution in [-0.2, 0) is 0 Å². The number of rotatable bonds is 4. The lowest BCUT2D eigenvalue weighted by molar-refractivity contribution is -0.0498. The van der Waals surface area contributed by atoms with Crippen LogP contribution in [0.15, 0.2) is 24.3 Å². The van der Waals surface area contributed by atoms with Crippen molar-refractivity contribution in [1.29, 1.82) is 0 Å². The fourth-order valence-corrected chi connectivity index (χ4v) is 2.64. The minimum Gasteiger partial charge on any atom is -0.435 e. The van der Waals surface area contributed by atoms with Crippen molar-refractivity contribution >= 4 is 5.91 Å². The number of nitrogens with zero attached hydrogens (tertiary/aromatic N) is 1. The number of hydrogen-bond donors (Lipinski definition) is 0. The van der Waals surface area contributed by atoms with Crippen LogP contribution in [0.3, 0.4) is 0 Å². The van der Waals surface area contributed by atoms with Crippen LogP contribution in [0, 0.1) is 0 Å². The van der Waals surface area contributed by atoms with Crippen LogP contribution < -0.4 is 4.74 Å². The summed E-state index contributed by atoms with van der Waals surface area (Å²) in [6.07, 6.45) is 4.16. The molecule has 1 fully saturated rings. The van der Waals surface area contributed by atoms with E-state index in [4.69, 9.17) is 0 Å². The molecule has 1 saturated heterocycles. The molecule has 1 aliphatic heterocycles. The molecule has 0 aliphatic carbocycles. The molecule has 1 unspecified atom stereocenters. The Bertz CT molecular complexity index is 448. The summed E-state index contributed by atoms with van der Waals surface area (Å²) >= 11 is 0. The number of carbonyl (C=O) groups excluding carboxylic acids is 1. The van der Waals surface area contributed by atoms with Crippen LogP contribution in [0.2, 0.25) is 0 Å². The van der Waals surface area contributed by atoms with Gasteiger partial charge in [-0.15, -0.1) is 0 Å². The van der Waals surface area contributed by atoms with E-state index in [2.05, 4.69) is 11.7 Å². The standard InChI is InChI=1S/C15H19F2NO2/c1-2-12-5-3-4-10-18(12)14(19)11-6-8-13(9-7-11)20-15(16)17/h6-9,12,15H,2-5,10H2,1H3. The second kappa shape index (κ2) is 6.68. The summed E-state index contributed by atoms with van der Waals surface area (Å²) in [6.45, 7) is 0.00533. The first kappa shape index (κ1) is 14.8. The Morgan fingerprint density at radius 2 is 2.05 bits per heavy atom. The molecule has 3 nitrogen and oxygen atoms in total. The van der Waals surface area contributed by atoms with E-state index in [1.165, 1.54) is 12.1 Å². The monoisotopic (exact) mass is 283 g/mol. The summed E-state index contributed by atoms with van der Waals surface area (Å²) in [5, 5.41) is 0. The van der Waals surface area contributed by atoms with Gasteiger partial charge in [0.15, 0.2) is 0 Å². The Kier molecular flexibility index (Phi) is 4.93. The average Bonchev–Trinajstić information content (AvgIpc) is 2.46. The number of piperidine rings is 1. The maximum Gasteiger partial charge on any atom is 0.387 e. The third-order valence-corrected chi connectivity index (χ3v) is 3.69. The van der Waals surface area contributed by atoms with E-state index < -0.39 is 6.61 Å². The Hall–Kier alpha value is -1.65. The third-order valence-electron chi connectivity index (χ3n) is 3.69. The van der Waals surface area contributed by atoms with E-state index in [-0.39, 0.29) is 17.7 Å². The van der Waals surface area contributed by atoms with Gasteiger partial charge in [0, 0.05) is 18.2 Å². The Morgan fingerprint density at radius 1 is 1.35 bits per heavy atom. The first-order valence-electron chi connectivity index (χ1n) is 6.97. The molecule has 0 saturated carbocycles. The van der Waals surface area contributed by atoms with Gasteiger partial charge in [0.05, 0.1) is 0 Å². The topological polar surface area (TPSA) is 29.5 Å². The summed E-state index contributed by atoms with van der Waals surface area (Å²) in [7, 11) is 0. The normalized spacial score (nSPS) is 19.2. The van der Waals surface area contributed by atoms with Crippen LogP contribution in [0.25, 0.3) is 0 Å². The van der Waals surface area contributed by atoms with E-state index >= 15 is 0 Å². The van der Waals surface area contributed by atoms with Crippen molar-refractivity contribution < 1.29 is 18.3 Å². The van der Waals surface area contributed by atoms with Crippen LogP contribution >= 0.6 is 0 Å². The van der Waals surface area contributed by atoms with Crippen molar-refractivity contribution in [1.82, 2.24) is 4.90 Å². The number of alkyl halides is 2. The lowest BCUT2D eigenvalue weighted by Crippen LogP contribution is -2.43. The zero-order chi connectivity index (χ0) is 14.5. The fourth-order valence-electron chi connectivity index (χ4n) is 2.64. The first-order chi connectivity index (χ1) is 9.61. The van der Waals surface area contributed by atoms with Gasteiger partial charge < -0.3 is 9.64 Å². The lowest BCUT2D eigenvalue weighted by atomic mass is 9.99. The second-order valence-corrected chi connectivity index (χ2v) is 4.96. The van der Waals surface area contributed by atoms with Crippen LogP contribution in [0.4, 0.5) is 8.78 Å². The molecular weight excluding hydrogens is 264 g/mol. The molecule has 0 spiro atoms. The van der Waals surface area contributed by atoms with Crippen molar-refractivity contribution in [3.63, 3.8) is 0 Å². The Balaban J connectivity index is 2.08. The molecule has 5 heteroatoms. The molecule has 0 radical (unpaired) electrons. The molecule has 2 rings (SSSR count). The smallest absolute Gasteiger partial charge is 0.387 e. The number of ether oxygens (including phenoxy) is 1. The van der Waals surface area contributed by atoms with E-state index in [1.807, 2.05) is 4.90 Å². The lowest BCUT2D eigenvalue weighted by Gasteiger charge is -2.35. The molecule has 110 valence electrons. The number of carbonyl (C=O) groups is 1. The number of hydrogen-bond acceptors (Lipinski definition) is 2. The molecule has 0 bridgehead atoms.